The zero-order valence-electron chi connectivity index (χ0n) is 14.9. The van der Waals surface area contributed by atoms with Crippen molar-refractivity contribution in [2.75, 3.05) is 0 Å². The lowest BCUT2D eigenvalue weighted by Gasteiger charge is -2.10. The van der Waals surface area contributed by atoms with E-state index in [1.165, 1.54) is 0 Å². The zero-order chi connectivity index (χ0) is 18.8. The Labute approximate surface area is 156 Å². The molecule has 1 aromatic heterocycles. The summed E-state index contributed by atoms with van der Waals surface area (Å²) in [6.45, 7) is 1.95. The Morgan fingerprint density at radius 2 is 1.70 bits per heavy atom. The predicted molar refractivity (Wildman–Crippen MR) is 110 cm³/mol. The Bertz CT molecular complexity index is 1150. The van der Waals surface area contributed by atoms with Crippen molar-refractivity contribution in [3.8, 4) is 0 Å². The smallest absolute Gasteiger partial charge is 0.258 e. The average Bonchev–Trinajstić information content (AvgIpc) is 3.11. The number of aromatic nitrogens is 1. The number of hydrogen-bond donors (Lipinski definition) is 3. The van der Waals surface area contributed by atoms with E-state index in [1.54, 1.807) is 6.07 Å². The molecule has 0 saturated heterocycles. The van der Waals surface area contributed by atoms with E-state index >= 15 is 0 Å². The van der Waals surface area contributed by atoms with Crippen LogP contribution < -0.4 is 11.1 Å². The number of carbonyl (C=O) groups excluding carboxylic acids is 1. The van der Waals surface area contributed by atoms with Gasteiger partial charge in [-0.2, -0.15) is 0 Å². The summed E-state index contributed by atoms with van der Waals surface area (Å²) in [5.74, 6) is -0.162. The van der Waals surface area contributed by atoms with E-state index < -0.39 is 0 Å². The lowest BCUT2D eigenvalue weighted by molar-refractivity contribution is 0.0978. The summed E-state index contributed by atoms with van der Waals surface area (Å²) in [5, 5.41) is 5.70. The number of benzene rings is 3. The summed E-state index contributed by atoms with van der Waals surface area (Å²) < 4.78 is 0. The highest BCUT2D eigenvalue weighted by Gasteiger charge is 2.13. The molecule has 0 aliphatic rings. The van der Waals surface area contributed by atoms with Gasteiger partial charge in [-0.25, -0.2) is 4.99 Å². The monoisotopic (exact) mass is 356 g/mol. The summed E-state index contributed by atoms with van der Waals surface area (Å²) >= 11 is 0. The molecule has 0 radical (unpaired) electrons. The van der Waals surface area contributed by atoms with Gasteiger partial charge in [-0.3, -0.25) is 10.1 Å². The van der Waals surface area contributed by atoms with Crippen LogP contribution in [0.3, 0.4) is 0 Å². The molecule has 134 valence electrons. The fourth-order valence-electron chi connectivity index (χ4n) is 3.36. The van der Waals surface area contributed by atoms with Gasteiger partial charge in [-0.05, 0) is 29.8 Å². The van der Waals surface area contributed by atoms with Gasteiger partial charge in [0.05, 0.1) is 6.04 Å². The van der Waals surface area contributed by atoms with Crippen molar-refractivity contribution >= 4 is 33.5 Å². The highest BCUT2D eigenvalue weighted by Crippen LogP contribution is 2.26. The molecule has 1 unspecified atom stereocenters. The molecule has 1 atom stereocenters. The number of aromatic amines is 1. The summed E-state index contributed by atoms with van der Waals surface area (Å²) in [4.78, 5) is 20.4. The van der Waals surface area contributed by atoms with Crippen LogP contribution in [-0.2, 0) is 0 Å². The quantitative estimate of drug-likeness (QED) is 0.381. The molecule has 5 heteroatoms. The van der Waals surface area contributed by atoms with Crippen LogP contribution in [0.15, 0.2) is 77.9 Å². The normalized spacial score (nSPS) is 13.0. The highest BCUT2D eigenvalue weighted by atomic mass is 16.1. The van der Waals surface area contributed by atoms with Crippen LogP contribution in [0.5, 0.6) is 0 Å². The van der Waals surface area contributed by atoms with Gasteiger partial charge in [-0.1, -0.05) is 54.6 Å². The molecule has 27 heavy (non-hydrogen) atoms. The van der Waals surface area contributed by atoms with Crippen LogP contribution >= 0.6 is 0 Å². The lowest BCUT2D eigenvalue weighted by Crippen LogP contribution is -2.37. The minimum atomic E-state index is -0.265. The van der Waals surface area contributed by atoms with Crippen LogP contribution in [-0.4, -0.2) is 16.9 Å². The molecule has 4 N–H and O–H groups in total. The molecule has 0 aliphatic carbocycles. The van der Waals surface area contributed by atoms with Gasteiger partial charge in [-0.15, -0.1) is 0 Å². The van der Waals surface area contributed by atoms with E-state index in [0.717, 1.165) is 27.2 Å². The van der Waals surface area contributed by atoms with Crippen molar-refractivity contribution < 1.29 is 4.79 Å². The molecule has 4 rings (SSSR count). The van der Waals surface area contributed by atoms with Crippen LogP contribution in [0.1, 0.15) is 28.9 Å². The standard InChI is InChI=1S/C22H20N4O/c1-14(19-13-24-20-12-5-4-10-17(19)20)25-22(23)26-21(27)18-11-6-8-15-7-2-3-9-16(15)18/h2-14,24H,1H3,(H3,23,25,26,27). The molecule has 4 aromatic rings. The summed E-state index contributed by atoms with van der Waals surface area (Å²) in [5.41, 5.74) is 8.67. The molecular formula is C22H20N4O. The Kier molecular flexibility index (Phi) is 4.34. The molecule has 5 nitrogen and oxygen atoms in total. The SMILES string of the molecule is CC(N=C(N)NC(=O)c1cccc2ccccc12)c1c[nH]c2ccccc12. The molecule has 0 bridgehead atoms. The summed E-state index contributed by atoms with van der Waals surface area (Å²) in [6, 6.07) is 21.2. The highest BCUT2D eigenvalue weighted by molar-refractivity contribution is 6.12. The second-order valence-electron chi connectivity index (χ2n) is 6.46. The second kappa shape index (κ2) is 6.96. The van der Waals surface area contributed by atoms with E-state index in [0.29, 0.717) is 5.56 Å². The van der Waals surface area contributed by atoms with E-state index in [-0.39, 0.29) is 17.9 Å². The second-order valence-corrected chi connectivity index (χ2v) is 6.46. The maximum atomic E-state index is 12.7. The molecule has 1 amide bonds. The van der Waals surface area contributed by atoms with Crippen LogP contribution in [0.25, 0.3) is 21.7 Å². The molecule has 0 fully saturated rings. The number of nitrogens with two attached hydrogens (primary N) is 1. The van der Waals surface area contributed by atoms with Gasteiger partial charge in [0.25, 0.3) is 5.91 Å². The number of amides is 1. The minimum Gasteiger partial charge on any atom is -0.370 e. The third-order valence-corrected chi connectivity index (χ3v) is 4.68. The van der Waals surface area contributed by atoms with Gasteiger partial charge >= 0.3 is 0 Å². The van der Waals surface area contributed by atoms with Crippen molar-refractivity contribution in [3.63, 3.8) is 0 Å². The Morgan fingerprint density at radius 3 is 2.56 bits per heavy atom. The lowest BCUT2D eigenvalue weighted by atomic mass is 10.0. The number of fused-ring (bicyclic) bond motifs is 2. The third kappa shape index (κ3) is 3.27. The number of nitrogens with zero attached hydrogens (tertiary/aromatic N) is 1. The maximum absolute atomic E-state index is 12.7. The molecule has 0 aliphatic heterocycles. The number of aliphatic imine (C=N–C) groups is 1. The largest absolute Gasteiger partial charge is 0.370 e. The summed E-state index contributed by atoms with van der Waals surface area (Å²) in [7, 11) is 0. The van der Waals surface area contributed by atoms with Crippen molar-refractivity contribution in [1.29, 1.82) is 0 Å². The van der Waals surface area contributed by atoms with Crippen molar-refractivity contribution in [1.82, 2.24) is 10.3 Å². The van der Waals surface area contributed by atoms with Gasteiger partial charge in [0, 0.05) is 28.2 Å². The number of guanidine groups is 1. The summed E-state index contributed by atoms with van der Waals surface area (Å²) in [6.07, 6.45) is 1.93. The average molecular weight is 356 g/mol. The number of H-pyrrole nitrogens is 1. The van der Waals surface area contributed by atoms with Crippen molar-refractivity contribution in [2.45, 2.75) is 13.0 Å². The van der Waals surface area contributed by atoms with Crippen molar-refractivity contribution in [2.24, 2.45) is 10.7 Å². The Balaban J connectivity index is 1.57. The maximum Gasteiger partial charge on any atom is 0.258 e. The first-order valence-electron chi connectivity index (χ1n) is 8.82. The Hall–Kier alpha value is -3.60. The van der Waals surface area contributed by atoms with E-state index in [1.807, 2.05) is 73.8 Å². The van der Waals surface area contributed by atoms with E-state index in [9.17, 15) is 4.79 Å². The molecule has 0 spiro atoms. The molecule has 3 aromatic carbocycles. The minimum absolute atomic E-state index is 0.103. The van der Waals surface area contributed by atoms with Crippen LogP contribution in [0, 0.1) is 0 Å². The fourth-order valence-corrected chi connectivity index (χ4v) is 3.36. The van der Waals surface area contributed by atoms with Crippen LogP contribution in [0.2, 0.25) is 0 Å². The Morgan fingerprint density at radius 1 is 1.00 bits per heavy atom. The van der Waals surface area contributed by atoms with E-state index in [4.69, 9.17) is 5.73 Å². The fraction of sp³-hybridized carbons (Fsp3) is 0.0909. The topological polar surface area (TPSA) is 83.3 Å². The van der Waals surface area contributed by atoms with Gasteiger partial charge < -0.3 is 10.7 Å². The number of carbonyl (C=O) groups is 1. The first-order chi connectivity index (χ1) is 13.1. The first-order valence-corrected chi connectivity index (χ1v) is 8.82. The van der Waals surface area contributed by atoms with Gasteiger partial charge in [0.2, 0.25) is 0 Å². The molecular weight excluding hydrogens is 336 g/mol. The third-order valence-electron chi connectivity index (χ3n) is 4.68. The molecule has 0 saturated carbocycles. The zero-order valence-corrected chi connectivity index (χ0v) is 14.9. The number of rotatable bonds is 3. The van der Waals surface area contributed by atoms with E-state index in [2.05, 4.69) is 15.3 Å². The number of hydrogen-bond acceptors (Lipinski definition) is 2. The van der Waals surface area contributed by atoms with Crippen LogP contribution in [0.4, 0.5) is 0 Å². The number of para-hydroxylation sites is 1. The van der Waals surface area contributed by atoms with Gasteiger partial charge in [0.15, 0.2) is 5.96 Å². The van der Waals surface area contributed by atoms with Gasteiger partial charge in [0.1, 0.15) is 0 Å². The number of nitrogens with one attached hydrogen (secondary N) is 2. The first kappa shape index (κ1) is 16.8. The van der Waals surface area contributed by atoms with Crippen molar-refractivity contribution in [3.05, 3.63) is 84.1 Å². The predicted octanol–water partition coefficient (Wildman–Crippen LogP) is 4.13. The molecule has 1 heterocycles.